The van der Waals surface area contributed by atoms with E-state index in [0.29, 0.717) is 42.6 Å². The molecular weight excluding hydrogens is 312 g/mol. The quantitative estimate of drug-likeness (QED) is 0.779. The minimum absolute atomic E-state index is 0.132. The number of carbonyl (C=O) groups is 1. The lowest BCUT2D eigenvalue weighted by atomic mass is 10.1. The molecule has 2 heterocycles. The van der Waals surface area contributed by atoms with E-state index >= 15 is 0 Å². The number of ether oxygens (including phenoxy) is 4. The molecule has 1 aromatic rings. The van der Waals surface area contributed by atoms with Crippen molar-refractivity contribution in [3.05, 3.63) is 17.7 Å². The van der Waals surface area contributed by atoms with Crippen molar-refractivity contribution in [3.8, 4) is 17.2 Å². The third-order valence-corrected chi connectivity index (χ3v) is 4.13. The summed E-state index contributed by atoms with van der Waals surface area (Å²) in [6.07, 6.45) is 0.910. The highest BCUT2D eigenvalue weighted by molar-refractivity contribution is 5.95. The van der Waals surface area contributed by atoms with Crippen molar-refractivity contribution in [1.82, 2.24) is 10.2 Å². The summed E-state index contributed by atoms with van der Waals surface area (Å²) >= 11 is 0. The molecule has 0 spiro atoms. The molecule has 24 heavy (non-hydrogen) atoms. The zero-order valence-electron chi connectivity index (χ0n) is 14.0. The number of rotatable bonds is 6. The van der Waals surface area contributed by atoms with E-state index in [0.717, 1.165) is 39.3 Å². The highest BCUT2D eigenvalue weighted by Gasteiger charge is 2.20. The Morgan fingerprint density at radius 3 is 2.79 bits per heavy atom. The number of morpholine rings is 1. The molecule has 3 rings (SSSR count). The Labute approximate surface area is 141 Å². The number of nitrogens with one attached hydrogen (secondary N) is 1. The van der Waals surface area contributed by atoms with Gasteiger partial charge in [0.05, 0.1) is 20.3 Å². The predicted octanol–water partition coefficient (Wildman–Crippen LogP) is 0.919. The van der Waals surface area contributed by atoms with Crippen molar-refractivity contribution >= 4 is 5.91 Å². The molecule has 1 aromatic carbocycles. The number of amides is 1. The summed E-state index contributed by atoms with van der Waals surface area (Å²) < 4.78 is 21.7. The van der Waals surface area contributed by atoms with Crippen LogP contribution in [-0.2, 0) is 4.74 Å². The molecule has 1 N–H and O–H groups in total. The minimum atomic E-state index is -0.132. The van der Waals surface area contributed by atoms with Gasteiger partial charge in [-0.05, 0) is 25.1 Å². The molecule has 1 saturated heterocycles. The number of methoxy groups -OCH3 is 1. The average Bonchev–Trinajstić information content (AvgIpc) is 2.65. The van der Waals surface area contributed by atoms with Crippen molar-refractivity contribution in [3.63, 3.8) is 0 Å². The molecule has 0 aliphatic carbocycles. The third-order valence-electron chi connectivity index (χ3n) is 4.13. The van der Waals surface area contributed by atoms with Crippen molar-refractivity contribution in [1.29, 1.82) is 0 Å². The SMILES string of the molecule is COc1cc(C(=O)NCCCN2CCOCC2)cc2c1OCCO2. The van der Waals surface area contributed by atoms with E-state index in [9.17, 15) is 4.79 Å². The number of hydrogen-bond donors (Lipinski definition) is 1. The summed E-state index contributed by atoms with van der Waals surface area (Å²) in [7, 11) is 1.55. The van der Waals surface area contributed by atoms with Crippen LogP contribution in [0.15, 0.2) is 12.1 Å². The molecule has 0 unspecified atom stereocenters. The first-order valence-corrected chi connectivity index (χ1v) is 8.34. The normalized spacial score (nSPS) is 17.4. The molecule has 1 amide bonds. The second kappa shape index (κ2) is 8.21. The van der Waals surface area contributed by atoms with Gasteiger partial charge in [0.15, 0.2) is 11.5 Å². The number of hydrogen-bond acceptors (Lipinski definition) is 6. The zero-order valence-corrected chi connectivity index (χ0v) is 14.0. The Kier molecular flexibility index (Phi) is 5.77. The van der Waals surface area contributed by atoms with E-state index in [4.69, 9.17) is 18.9 Å². The van der Waals surface area contributed by atoms with E-state index in [1.54, 1.807) is 19.2 Å². The van der Waals surface area contributed by atoms with E-state index in [-0.39, 0.29) is 5.91 Å². The first-order chi connectivity index (χ1) is 11.8. The monoisotopic (exact) mass is 336 g/mol. The second-order valence-electron chi connectivity index (χ2n) is 5.77. The molecule has 2 aliphatic heterocycles. The predicted molar refractivity (Wildman–Crippen MR) is 88.2 cm³/mol. The van der Waals surface area contributed by atoms with E-state index in [2.05, 4.69) is 10.2 Å². The fourth-order valence-electron chi connectivity index (χ4n) is 2.84. The fourth-order valence-corrected chi connectivity index (χ4v) is 2.84. The van der Waals surface area contributed by atoms with Crippen LogP contribution in [0.4, 0.5) is 0 Å². The number of fused-ring (bicyclic) bond motifs is 1. The minimum Gasteiger partial charge on any atom is -0.493 e. The van der Waals surface area contributed by atoms with Gasteiger partial charge in [-0.15, -0.1) is 0 Å². The molecule has 0 saturated carbocycles. The molecular formula is C17H24N2O5. The number of carbonyl (C=O) groups excluding carboxylic acids is 1. The number of nitrogens with zero attached hydrogens (tertiary/aromatic N) is 1. The van der Waals surface area contributed by atoms with Crippen LogP contribution in [-0.4, -0.2) is 70.5 Å². The summed E-state index contributed by atoms with van der Waals surface area (Å²) in [5.74, 6) is 1.50. The van der Waals surface area contributed by atoms with Gasteiger partial charge in [-0.2, -0.15) is 0 Å². The van der Waals surface area contributed by atoms with Gasteiger partial charge in [-0.25, -0.2) is 0 Å². The first kappa shape index (κ1) is 16.9. The maximum atomic E-state index is 12.4. The largest absolute Gasteiger partial charge is 0.493 e. The lowest BCUT2D eigenvalue weighted by Crippen LogP contribution is -2.38. The van der Waals surface area contributed by atoms with Crippen molar-refractivity contribution in [2.45, 2.75) is 6.42 Å². The second-order valence-corrected chi connectivity index (χ2v) is 5.77. The van der Waals surface area contributed by atoms with Gasteiger partial charge in [-0.1, -0.05) is 0 Å². The summed E-state index contributed by atoms with van der Waals surface area (Å²) in [6, 6.07) is 3.39. The Morgan fingerprint density at radius 1 is 1.21 bits per heavy atom. The highest BCUT2D eigenvalue weighted by Crippen LogP contribution is 2.40. The fraction of sp³-hybridized carbons (Fsp3) is 0.588. The maximum absolute atomic E-state index is 12.4. The first-order valence-electron chi connectivity index (χ1n) is 8.34. The Bertz CT molecular complexity index is 555. The maximum Gasteiger partial charge on any atom is 0.251 e. The molecule has 0 radical (unpaired) electrons. The van der Waals surface area contributed by atoms with Gasteiger partial charge in [0.25, 0.3) is 5.91 Å². The Morgan fingerprint density at radius 2 is 2.00 bits per heavy atom. The van der Waals surface area contributed by atoms with Gasteiger partial charge in [0.1, 0.15) is 13.2 Å². The molecule has 0 atom stereocenters. The molecule has 0 aromatic heterocycles. The molecule has 132 valence electrons. The lowest BCUT2D eigenvalue weighted by molar-refractivity contribution is 0.0374. The van der Waals surface area contributed by atoms with Gasteiger partial charge in [0, 0.05) is 25.2 Å². The molecule has 7 nitrogen and oxygen atoms in total. The van der Waals surface area contributed by atoms with Gasteiger partial charge in [-0.3, -0.25) is 9.69 Å². The van der Waals surface area contributed by atoms with Gasteiger partial charge < -0.3 is 24.3 Å². The topological polar surface area (TPSA) is 69.3 Å². The smallest absolute Gasteiger partial charge is 0.251 e. The Balaban J connectivity index is 1.52. The van der Waals surface area contributed by atoms with Crippen LogP contribution in [0.2, 0.25) is 0 Å². The van der Waals surface area contributed by atoms with Crippen molar-refractivity contribution in [2.75, 3.05) is 59.7 Å². The van der Waals surface area contributed by atoms with Gasteiger partial charge >= 0.3 is 0 Å². The highest BCUT2D eigenvalue weighted by atomic mass is 16.6. The van der Waals surface area contributed by atoms with Crippen LogP contribution in [0, 0.1) is 0 Å². The van der Waals surface area contributed by atoms with Gasteiger partial charge in [0.2, 0.25) is 5.75 Å². The van der Waals surface area contributed by atoms with Crippen LogP contribution < -0.4 is 19.5 Å². The Hall–Kier alpha value is -1.99. The lowest BCUT2D eigenvalue weighted by Gasteiger charge is -2.26. The third kappa shape index (κ3) is 4.10. The van der Waals surface area contributed by atoms with Crippen LogP contribution in [0.1, 0.15) is 16.8 Å². The standard InChI is InChI=1S/C17H24N2O5/c1-21-14-11-13(12-15-16(14)24-10-9-23-15)17(20)18-3-2-4-19-5-7-22-8-6-19/h11-12H,2-10H2,1H3,(H,18,20). The van der Waals surface area contributed by atoms with E-state index < -0.39 is 0 Å². The van der Waals surface area contributed by atoms with Crippen LogP contribution in [0.3, 0.4) is 0 Å². The summed E-state index contributed by atoms with van der Waals surface area (Å²) in [5.41, 5.74) is 0.516. The molecule has 1 fully saturated rings. The molecule has 7 heteroatoms. The van der Waals surface area contributed by atoms with E-state index in [1.807, 2.05) is 0 Å². The molecule has 0 bridgehead atoms. The molecule has 2 aliphatic rings. The summed E-state index contributed by atoms with van der Waals surface area (Å²) in [5, 5.41) is 2.95. The van der Waals surface area contributed by atoms with Crippen molar-refractivity contribution < 1.29 is 23.7 Å². The van der Waals surface area contributed by atoms with Crippen molar-refractivity contribution in [2.24, 2.45) is 0 Å². The van der Waals surface area contributed by atoms with Crippen LogP contribution in [0.5, 0.6) is 17.2 Å². The summed E-state index contributed by atoms with van der Waals surface area (Å²) in [6.45, 7) is 6.07. The van der Waals surface area contributed by atoms with E-state index in [1.165, 1.54) is 0 Å². The zero-order chi connectivity index (χ0) is 16.8. The van der Waals surface area contributed by atoms with Crippen LogP contribution in [0.25, 0.3) is 0 Å². The number of benzene rings is 1. The average molecular weight is 336 g/mol. The summed E-state index contributed by atoms with van der Waals surface area (Å²) in [4.78, 5) is 14.7. The van der Waals surface area contributed by atoms with Crippen LogP contribution >= 0.6 is 0 Å².